The lowest BCUT2D eigenvalue weighted by Gasteiger charge is -2.24. The topological polar surface area (TPSA) is 41.4 Å². The normalized spacial score (nSPS) is 20.7. The number of likely N-dealkylation sites (tertiary alicyclic amines) is 1. The molecule has 0 bridgehead atoms. The Kier molecular flexibility index (Phi) is 4.85. The number of fused-ring (bicyclic) bond motifs is 2. The number of alkyl halides is 1. The summed E-state index contributed by atoms with van der Waals surface area (Å²) in [7, 11) is 1.82. The van der Waals surface area contributed by atoms with Crippen LogP contribution in [0.3, 0.4) is 0 Å². The van der Waals surface area contributed by atoms with Gasteiger partial charge in [0.15, 0.2) is 0 Å². The number of para-hydroxylation sites is 1. The highest BCUT2D eigenvalue weighted by molar-refractivity contribution is 6.08. The molecule has 3 heterocycles. The van der Waals surface area contributed by atoms with Crippen molar-refractivity contribution < 1.29 is 13.6 Å². The molecule has 0 N–H and O–H groups in total. The van der Waals surface area contributed by atoms with Crippen molar-refractivity contribution in [2.45, 2.75) is 18.4 Å². The molecule has 31 heavy (non-hydrogen) atoms. The molecule has 3 aromatic rings. The van der Waals surface area contributed by atoms with Crippen molar-refractivity contribution in [2.75, 3.05) is 31.2 Å². The van der Waals surface area contributed by atoms with Crippen molar-refractivity contribution in [2.24, 2.45) is 7.05 Å². The number of halogens is 2. The van der Waals surface area contributed by atoms with Crippen LogP contribution in [0.4, 0.5) is 14.5 Å². The van der Waals surface area contributed by atoms with Crippen LogP contribution in [0.25, 0.3) is 11.1 Å². The second kappa shape index (κ2) is 7.57. The van der Waals surface area contributed by atoms with Crippen LogP contribution in [0.15, 0.2) is 54.9 Å². The number of anilines is 1. The van der Waals surface area contributed by atoms with Crippen LogP contribution in [0.1, 0.15) is 17.5 Å². The first-order chi connectivity index (χ1) is 15.0. The van der Waals surface area contributed by atoms with E-state index < -0.39 is 12.1 Å². The van der Waals surface area contributed by atoms with Gasteiger partial charge in [0.25, 0.3) is 0 Å². The van der Waals surface area contributed by atoms with Gasteiger partial charge in [-0.15, -0.1) is 0 Å². The van der Waals surface area contributed by atoms with Crippen molar-refractivity contribution in [1.82, 2.24) is 14.7 Å². The van der Waals surface area contributed by atoms with Crippen LogP contribution in [0, 0.1) is 5.82 Å². The van der Waals surface area contributed by atoms with Gasteiger partial charge in [-0.2, -0.15) is 5.10 Å². The number of carbonyl (C=O) groups is 1. The Bertz CT molecular complexity index is 1140. The molecule has 2 aliphatic rings. The zero-order valence-electron chi connectivity index (χ0n) is 17.4. The Morgan fingerprint density at radius 2 is 2.00 bits per heavy atom. The van der Waals surface area contributed by atoms with Gasteiger partial charge in [-0.25, -0.2) is 8.78 Å². The van der Waals surface area contributed by atoms with E-state index >= 15 is 4.39 Å². The molecule has 0 aliphatic carbocycles. The molecule has 1 aromatic heterocycles. The summed E-state index contributed by atoms with van der Waals surface area (Å²) >= 11 is 0. The van der Waals surface area contributed by atoms with Gasteiger partial charge in [0.2, 0.25) is 5.91 Å². The molecule has 7 heteroatoms. The van der Waals surface area contributed by atoms with Crippen molar-refractivity contribution in [3.05, 3.63) is 71.8 Å². The summed E-state index contributed by atoms with van der Waals surface area (Å²) in [4.78, 5) is 17.3. The van der Waals surface area contributed by atoms with Gasteiger partial charge in [-0.1, -0.05) is 30.3 Å². The van der Waals surface area contributed by atoms with Crippen LogP contribution >= 0.6 is 0 Å². The Balaban J connectivity index is 1.45. The predicted molar refractivity (Wildman–Crippen MR) is 115 cm³/mol. The molecular weight excluding hydrogens is 398 g/mol. The van der Waals surface area contributed by atoms with Crippen LogP contribution in [-0.2, 0) is 23.8 Å². The summed E-state index contributed by atoms with van der Waals surface area (Å²) in [5.41, 5.74) is 3.17. The molecule has 0 radical (unpaired) electrons. The average Bonchev–Trinajstić information content (AvgIpc) is 3.45. The minimum Gasteiger partial charge on any atom is -0.307 e. The largest absolute Gasteiger partial charge is 0.307 e. The number of aryl methyl sites for hydroxylation is 1. The van der Waals surface area contributed by atoms with E-state index in [2.05, 4.69) is 5.10 Å². The lowest BCUT2D eigenvalue weighted by molar-refractivity contribution is -0.122. The smallest absolute Gasteiger partial charge is 0.239 e. The molecule has 2 aromatic carbocycles. The number of benzene rings is 2. The molecule has 2 aliphatic heterocycles. The molecule has 160 valence electrons. The van der Waals surface area contributed by atoms with Crippen molar-refractivity contribution in [1.29, 1.82) is 0 Å². The van der Waals surface area contributed by atoms with Crippen molar-refractivity contribution in [3.8, 4) is 11.1 Å². The van der Waals surface area contributed by atoms with E-state index in [9.17, 15) is 9.18 Å². The summed E-state index contributed by atoms with van der Waals surface area (Å²) in [6.07, 6.45) is 4.19. The number of hydrogen-bond acceptors (Lipinski definition) is 3. The van der Waals surface area contributed by atoms with E-state index in [-0.39, 0.29) is 18.3 Å². The van der Waals surface area contributed by atoms with Gasteiger partial charge in [-0.05, 0) is 36.2 Å². The monoisotopic (exact) mass is 422 g/mol. The first-order valence-corrected chi connectivity index (χ1v) is 10.5. The molecule has 1 amide bonds. The molecule has 5 nitrogen and oxygen atoms in total. The lowest BCUT2D eigenvalue weighted by Crippen LogP contribution is -2.42. The molecule has 1 atom stereocenters. The van der Waals surface area contributed by atoms with Crippen LogP contribution < -0.4 is 4.90 Å². The summed E-state index contributed by atoms with van der Waals surface area (Å²) in [6.45, 7) is 1.27. The number of carbonyl (C=O) groups excluding carboxylic acids is 1. The van der Waals surface area contributed by atoms with E-state index in [4.69, 9.17) is 0 Å². The maximum Gasteiger partial charge on any atom is 0.239 e. The Hall–Kier alpha value is -3.06. The van der Waals surface area contributed by atoms with Gasteiger partial charge in [-0.3, -0.25) is 14.4 Å². The van der Waals surface area contributed by atoms with Gasteiger partial charge < -0.3 is 4.90 Å². The van der Waals surface area contributed by atoms with E-state index in [0.717, 1.165) is 22.4 Å². The number of nitrogens with zero attached hydrogens (tertiary/aromatic N) is 4. The highest BCUT2D eigenvalue weighted by Crippen LogP contribution is 2.47. The summed E-state index contributed by atoms with van der Waals surface area (Å²) in [5.74, 6) is -0.371. The van der Waals surface area contributed by atoms with Gasteiger partial charge >= 0.3 is 0 Å². The average molecular weight is 422 g/mol. The fraction of sp³-hybridized carbons (Fsp3) is 0.333. The number of rotatable bonds is 5. The summed E-state index contributed by atoms with van der Waals surface area (Å²) < 4.78 is 29.6. The van der Waals surface area contributed by atoms with Crippen LogP contribution in [0.5, 0.6) is 0 Å². The molecule has 1 unspecified atom stereocenters. The minimum atomic E-state index is -0.669. The third-order valence-corrected chi connectivity index (χ3v) is 6.53. The summed E-state index contributed by atoms with van der Waals surface area (Å²) in [6, 6.07) is 12.8. The van der Waals surface area contributed by atoms with Crippen LogP contribution in [-0.4, -0.2) is 46.9 Å². The molecule has 5 rings (SSSR count). The lowest BCUT2D eigenvalue weighted by atomic mass is 9.81. The second-order valence-corrected chi connectivity index (χ2v) is 8.41. The van der Waals surface area contributed by atoms with E-state index in [1.54, 1.807) is 21.8 Å². The fourth-order valence-electron chi connectivity index (χ4n) is 4.94. The first-order valence-electron chi connectivity index (χ1n) is 10.5. The number of aromatic nitrogens is 2. The van der Waals surface area contributed by atoms with Crippen molar-refractivity contribution in [3.63, 3.8) is 0 Å². The Labute approximate surface area is 179 Å². The van der Waals surface area contributed by atoms with E-state index in [1.165, 1.54) is 6.07 Å². The maximum absolute atomic E-state index is 15.0. The van der Waals surface area contributed by atoms with Gasteiger partial charge in [0.1, 0.15) is 12.5 Å². The molecule has 1 fully saturated rings. The van der Waals surface area contributed by atoms with E-state index in [1.807, 2.05) is 48.5 Å². The predicted octanol–water partition coefficient (Wildman–Crippen LogP) is 3.69. The quantitative estimate of drug-likeness (QED) is 0.630. The zero-order valence-corrected chi connectivity index (χ0v) is 17.4. The van der Waals surface area contributed by atoms with E-state index in [0.29, 0.717) is 31.6 Å². The minimum absolute atomic E-state index is 0.0224. The molecular formula is C24H24F2N4O. The molecule has 1 spiro atoms. The third kappa shape index (κ3) is 3.24. The second-order valence-electron chi connectivity index (χ2n) is 8.41. The molecule has 1 saturated heterocycles. The zero-order chi connectivity index (χ0) is 21.6. The number of amides is 1. The van der Waals surface area contributed by atoms with Crippen molar-refractivity contribution >= 4 is 11.6 Å². The highest BCUT2D eigenvalue weighted by Gasteiger charge is 2.54. The SMILES string of the molecule is Cn1cc(-c2ccc(CN3C(=O)C4(CCN(CCF)C4)c4ccccc43)c(F)c2)cn1. The number of hydrogen-bond donors (Lipinski definition) is 0. The fourth-order valence-corrected chi connectivity index (χ4v) is 4.94. The maximum atomic E-state index is 15.0. The third-order valence-electron chi connectivity index (χ3n) is 6.53. The highest BCUT2D eigenvalue weighted by atomic mass is 19.1. The first kappa shape index (κ1) is 19.9. The standard InChI is InChI=1S/C24H24F2N4O/c1-28-14-19(13-27-28)17-6-7-18(21(26)12-17)15-30-22-5-3-2-4-20(22)24(23(30)31)8-10-29(16-24)11-9-25/h2-7,12-14H,8-11,15-16H2,1H3. The molecule has 0 saturated carbocycles. The van der Waals surface area contributed by atoms with Crippen LogP contribution in [0.2, 0.25) is 0 Å². The Morgan fingerprint density at radius 3 is 2.74 bits per heavy atom. The van der Waals surface area contributed by atoms with Gasteiger partial charge in [0.05, 0.1) is 18.2 Å². The van der Waals surface area contributed by atoms with Gasteiger partial charge in [0, 0.05) is 43.1 Å². The Morgan fingerprint density at radius 1 is 1.16 bits per heavy atom. The summed E-state index contributed by atoms with van der Waals surface area (Å²) in [5, 5.41) is 4.14.